The van der Waals surface area contributed by atoms with Gasteiger partial charge in [0.25, 0.3) is 5.91 Å². The number of para-hydroxylation sites is 1. The average molecular weight is 547 g/mol. The zero-order valence-corrected chi connectivity index (χ0v) is 23.7. The van der Waals surface area contributed by atoms with Crippen molar-refractivity contribution in [2.75, 3.05) is 44.5 Å². The van der Waals surface area contributed by atoms with Crippen molar-refractivity contribution >= 4 is 44.8 Å². The number of carbonyl (C=O) groups is 1. The lowest BCUT2D eigenvalue weighted by Gasteiger charge is -2.23. The lowest BCUT2D eigenvalue weighted by Crippen LogP contribution is -2.31. The van der Waals surface area contributed by atoms with Crippen molar-refractivity contribution in [3.05, 3.63) is 53.5 Å². The standard InChI is InChI=1S/C29H34N6O3S/c1-17(2)38-23-14-18(35-13-12-19(16-35)34(3)4)10-11-21(23)32-29-31-15-24-26(33-29)25(27(39-24)28(30)36)20-8-6-7-9-22(20)37-5/h6-11,14-15,17,19H,12-13,16H2,1-5H3,(H2,30,36)(H,31,32,33). The summed E-state index contributed by atoms with van der Waals surface area (Å²) in [4.78, 5) is 26.8. The van der Waals surface area contributed by atoms with Gasteiger partial charge in [-0.2, -0.15) is 0 Å². The van der Waals surface area contributed by atoms with E-state index >= 15 is 0 Å². The molecule has 9 nitrogen and oxygen atoms in total. The van der Waals surface area contributed by atoms with E-state index in [0.717, 1.165) is 46.9 Å². The highest BCUT2D eigenvalue weighted by atomic mass is 32.1. The molecule has 2 aromatic heterocycles. The van der Waals surface area contributed by atoms with Crippen molar-refractivity contribution < 1.29 is 14.3 Å². The van der Waals surface area contributed by atoms with Gasteiger partial charge in [-0.15, -0.1) is 11.3 Å². The highest BCUT2D eigenvalue weighted by molar-refractivity contribution is 7.21. The number of nitrogens with zero attached hydrogens (tertiary/aromatic N) is 4. The molecule has 0 bridgehead atoms. The number of fused-ring (bicyclic) bond motifs is 1. The number of rotatable bonds is 9. The fraction of sp³-hybridized carbons (Fsp3) is 0.345. The number of hydrogen-bond donors (Lipinski definition) is 2. The van der Waals surface area contributed by atoms with Crippen molar-refractivity contribution in [3.8, 4) is 22.6 Å². The van der Waals surface area contributed by atoms with Crippen LogP contribution in [0.2, 0.25) is 0 Å². The molecule has 4 aromatic rings. The van der Waals surface area contributed by atoms with Gasteiger partial charge in [-0.3, -0.25) is 4.79 Å². The van der Waals surface area contributed by atoms with Gasteiger partial charge in [0.15, 0.2) is 0 Å². The second-order valence-electron chi connectivity index (χ2n) is 10.1. The molecule has 1 atom stereocenters. The predicted octanol–water partition coefficient (Wildman–Crippen LogP) is 5.14. The van der Waals surface area contributed by atoms with Crippen molar-refractivity contribution in [1.82, 2.24) is 14.9 Å². The molecule has 1 saturated heterocycles. The molecular weight excluding hydrogens is 512 g/mol. The molecule has 1 unspecified atom stereocenters. The Morgan fingerprint density at radius 2 is 2.00 bits per heavy atom. The maximum Gasteiger partial charge on any atom is 0.259 e. The van der Waals surface area contributed by atoms with E-state index in [-0.39, 0.29) is 6.10 Å². The van der Waals surface area contributed by atoms with E-state index < -0.39 is 5.91 Å². The Morgan fingerprint density at radius 1 is 1.21 bits per heavy atom. The summed E-state index contributed by atoms with van der Waals surface area (Å²) in [5.74, 6) is 1.24. The van der Waals surface area contributed by atoms with Gasteiger partial charge < -0.3 is 30.3 Å². The molecule has 204 valence electrons. The molecule has 0 radical (unpaired) electrons. The molecule has 0 aliphatic carbocycles. The molecule has 10 heteroatoms. The highest BCUT2D eigenvalue weighted by Crippen LogP contribution is 2.42. The number of likely N-dealkylation sites (N-methyl/N-ethyl adjacent to an activating group) is 1. The maximum atomic E-state index is 12.4. The van der Waals surface area contributed by atoms with Gasteiger partial charge in [-0.05, 0) is 52.6 Å². The SMILES string of the molecule is COc1ccccc1-c1c(C(N)=O)sc2cnc(Nc3ccc(N4CCC(N(C)C)C4)cc3OC(C)C)nc12. The van der Waals surface area contributed by atoms with Gasteiger partial charge in [0.2, 0.25) is 5.95 Å². The van der Waals surface area contributed by atoms with E-state index in [1.807, 2.05) is 44.2 Å². The molecule has 0 spiro atoms. The van der Waals surface area contributed by atoms with Crippen LogP contribution in [0.15, 0.2) is 48.7 Å². The third-order valence-electron chi connectivity index (χ3n) is 6.86. The summed E-state index contributed by atoms with van der Waals surface area (Å²) in [6.45, 7) is 6.00. The van der Waals surface area contributed by atoms with Crippen LogP contribution in [-0.2, 0) is 0 Å². The summed E-state index contributed by atoms with van der Waals surface area (Å²) >= 11 is 1.27. The average Bonchev–Trinajstić information content (AvgIpc) is 3.55. The van der Waals surface area contributed by atoms with Gasteiger partial charge in [-0.25, -0.2) is 9.97 Å². The molecular formula is C29H34N6O3S. The first-order chi connectivity index (χ1) is 18.7. The smallest absolute Gasteiger partial charge is 0.259 e. The number of methoxy groups -OCH3 is 1. The quantitative estimate of drug-likeness (QED) is 0.297. The third kappa shape index (κ3) is 5.48. The van der Waals surface area contributed by atoms with Gasteiger partial charge in [0.1, 0.15) is 16.4 Å². The van der Waals surface area contributed by atoms with Crippen LogP contribution in [-0.4, -0.2) is 67.2 Å². The van der Waals surface area contributed by atoms with Crippen LogP contribution in [0.1, 0.15) is 29.9 Å². The number of nitrogens with two attached hydrogens (primary N) is 1. The van der Waals surface area contributed by atoms with Crippen LogP contribution >= 0.6 is 11.3 Å². The lowest BCUT2D eigenvalue weighted by molar-refractivity contribution is 0.100. The van der Waals surface area contributed by atoms with E-state index in [4.69, 9.17) is 20.2 Å². The Hall–Kier alpha value is -3.89. The van der Waals surface area contributed by atoms with Crippen molar-refractivity contribution in [2.45, 2.75) is 32.4 Å². The first kappa shape index (κ1) is 26.7. The van der Waals surface area contributed by atoms with Crippen LogP contribution in [0.4, 0.5) is 17.3 Å². The van der Waals surface area contributed by atoms with Crippen LogP contribution in [0, 0.1) is 0 Å². The second kappa shape index (κ2) is 11.1. The molecule has 1 amide bonds. The molecule has 3 heterocycles. The summed E-state index contributed by atoms with van der Waals surface area (Å²) < 4.78 is 12.5. The van der Waals surface area contributed by atoms with E-state index in [2.05, 4.69) is 46.3 Å². The lowest BCUT2D eigenvalue weighted by atomic mass is 10.0. The fourth-order valence-electron chi connectivity index (χ4n) is 4.91. The summed E-state index contributed by atoms with van der Waals surface area (Å²) in [6, 6.07) is 14.2. The number of amides is 1. The Bertz CT molecular complexity index is 1500. The number of primary amides is 1. The van der Waals surface area contributed by atoms with Gasteiger partial charge in [0.05, 0.1) is 35.3 Å². The Morgan fingerprint density at radius 3 is 2.69 bits per heavy atom. The third-order valence-corrected chi connectivity index (χ3v) is 7.99. The summed E-state index contributed by atoms with van der Waals surface area (Å²) in [7, 11) is 5.86. The number of hydrogen-bond acceptors (Lipinski definition) is 9. The molecule has 0 saturated carbocycles. The van der Waals surface area contributed by atoms with E-state index in [1.165, 1.54) is 11.3 Å². The van der Waals surface area contributed by atoms with Crippen molar-refractivity contribution in [2.24, 2.45) is 5.73 Å². The minimum absolute atomic E-state index is 0.00977. The number of thiophene rings is 1. The maximum absolute atomic E-state index is 12.4. The predicted molar refractivity (Wildman–Crippen MR) is 158 cm³/mol. The van der Waals surface area contributed by atoms with Crippen LogP contribution in [0.5, 0.6) is 11.5 Å². The number of ether oxygens (including phenoxy) is 2. The van der Waals surface area contributed by atoms with Crippen LogP contribution in [0.25, 0.3) is 21.3 Å². The minimum atomic E-state index is -0.518. The normalized spacial score (nSPS) is 15.4. The fourth-order valence-corrected chi connectivity index (χ4v) is 5.89. The number of benzene rings is 2. The number of carbonyl (C=O) groups excluding carboxylic acids is 1. The van der Waals surface area contributed by atoms with Crippen LogP contribution < -0.4 is 25.4 Å². The molecule has 1 fully saturated rings. The zero-order chi connectivity index (χ0) is 27.7. The van der Waals surface area contributed by atoms with Gasteiger partial charge >= 0.3 is 0 Å². The largest absolute Gasteiger partial charge is 0.496 e. The summed E-state index contributed by atoms with van der Waals surface area (Å²) in [5, 5.41) is 3.34. The Balaban J connectivity index is 1.52. The highest BCUT2D eigenvalue weighted by Gasteiger charge is 2.26. The van der Waals surface area contributed by atoms with Gasteiger partial charge in [-0.1, -0.05) is 18.2 Å². The minimum Gasteiger partial charge on any atom is -0.496 e. The first-order valence-electron chi connectivity index (χ1n) is 13.0. The number of anilines is 3. The molecule has 5 rings (SSSR count). The zero-order valence-electron chi connectivity index (χ0n) is 22.9. The monoisotopic (exact) mass is 546 g/mol. The summed E-state index contributed by atoms with van der Waals surface area (Å²) in [5.41, 5.74) is 9.68. The van der Waals surface area contributed by atoms with Crippen molar-refractivity contribution in [1.29, 1.82) is 0 Å². The summed E-state index contributed by atoms with van der Waals surface area (Å²) in [6.07, 6.45) is 2.83. The number of aromatic nitrogens is 2. The molecule has 1 aliphatic rings. The van der Waals surface area contributed by atoms with Crippen LogP contribution in [0.3, 0.4) is 0 Å². The molecule has 2 aromatic carbocycles. The molecule has 1 aliphatic heterocycles. The Labute approximate surface area is 232 Å². The second-order valence-corrected chi connectivity index (χ2v) is 11.2. The van der Waals surface area contributed by atoms with E-state index in [1.54, 1.807) is 13.3 Å². The van der Waals surface area contributed by atoms with Gasteiger partial charge in [0, 0.05) is 42.0 Å². The van der Waals surface area contributed by atoms with E-state index in [9.17, 15) is 4.79 Å². The first-order valence-corrected chi connectivity index (χ1v) is 13.8. The molecule has 3 N–H and O–H groups in total. The number of nitrogens with one attached hydrogen (secondary N) is 1. The van der Waals surface area contributed by atoms with Crippen molar-refractivity contribution in [3.63, 3.8) is 0 Å². The topological polar surface area (TPSA) is 106 Å². The van der Waals surface area contributed by atoms with E-state index in [0.29, 0.717) is 33.7 Å². The molecule has 39 heavy (non-hydrogen) atoms. The Kier molecular flexibility index (Phi) is 7.58.